The first kappa shape index (κ1) is 10.9. The summed E-state index contributed by atoms with van der Waals surface area (Å²) in [5.41, 5.74) is 4.99. The van der Waals surface area contributed by atoms with Crippen molar-refractivity contribution in [2.75, 3.05) is 0 Å². The zero-order valence-electron chi connectivity index (χ0n) is 9.45. The number of thiophene rings is 1. The second kappa shape index (κ2) is 4.51. The van der Waals surface area contributed by atoms with Crippen LogP contribution in [0.4, 0.5) is 0 Å². The van der Waals surface area contributed by atoms with Gasteiger partial charge in [-0.15, -0.1) is 11.3 Å². The van der Waals surface area contributed by atoms with E-state index in [-0.39, 0.29) is 0 Å². The van der Waals surface area contributed by atoms with Gasteiger partial charge in [0.25, 0.3) is 0 Å². The Morgan fingerprint density at radius 1 is 1.19 bits per heavy atom. The van der Waals surface area contributed by atoms with Crippen molar-refractivity contribution in [2.45, 2.75) is 20.3 Å². The van der Waals surface area contributed by atoms with Gasteiger partial charge in [-0.05, 0) is 47.5 Å². The van der Waals surface area contributed by atoms with Crippen molar-refractivity contribution < 1.29 is 0 Å². The van der Waals surface area contributed by atoms with Crippen LogP contribution in [0, 0.1) is 25.2 Å². The molecule has 0 aliphatic rings. The van der Waals surface area contributed by atoms with Gasteiger partial charge in [0.15, 0.2) is 0 Å². The summed E-state index contributed by atoms with van der Waals surface area (Å²) >= 11 is 1.71. The predicted octanol–water partition coefficient (Wildman–Crippen LogP) is 4.10. The molecule has 16 heavy (non-hydrogen) atoms. The number of rotatable bonds is 2. The van der Waals surface area contributed by atoms with Crippen molar-refractivity contribution in [3.05, 3.63) is 46.3 Å². The molecule has 0 N–H and O–H groups in total. The highest BCUT2D eigenvalue weighted by molar-refractivity contribution is 7.13. The molecular weight excluding hydrogens is 214 g/mol. The van der Waals surface area contributed by atoms with Crippen molar-refractivity contribution in [1.29, 1.82) is 5.26 Å². The fourth-order valence-electron chi connectivity index (χ4n) is 1.61. The quantitative estimate of drug-likeness (QED) is 0.757. The van der Waals surface area contributed by atoms with Gasteiger partial charge < -0.3 is 0 Å². The fourth-order valence-corrected chi connectivity index (χ4v) is 2.52. The van der Waals surface area contributed by atoms with E-state index in [1.807, 2.05) is 0 Å². The molecule has 0 saturated heterocycles. The molecule has 1 nitrogen and oxygen atoms in total. The SMILES string of the molecule is Cc1ccc(-c2cc(CC#N)cs2)cc1C. The van der Waals surface area contributed by atoms with Gasteiger partial charge in [0.1, 0.15) is 0 Å². The smallest absolute Gasteiger partial charge is 0.0670 e. The Morgan fingerprint density at radius 3 is 2.69 bits per heavy atom. The molecule has 0 unspecified atom stereocenters. The number of nitrogens with zero attached hydrogens (tertiary/aromatic N) is 1. The van der Waals surface area contributed by atoms with Gasteiger partial charge in [0.05, 0.1) is 12.5 Å². The van der Waals surface area contributed by atoms with E-state index in [2.05, 4.69) is 49.6 Å². The van der Waals surface area contributed by atoms with Crippen LogP contribution in [-0.4, -0.2) is 0 Å². The first-order valence-corrected chi connectivity index (χ1v) is 6.10. The van der Waals surface area contributed by atoms with E-state index < -0.39 is 0 Å². The van der Waals surface area contributed by atoms with E-state index in [0.717, 1.165) is 5.56 Å². The second-order valence-corrected chi connectivity index (χ2v) is 4.86. The predicted molar refractivity (Wildman–Crippen MR) is 68.5 cm³/mol. The third-order valence-electron chi connectivity index (χ3n) is 2.73. The van der Waals surface area contributed by atoms with Crippen molar-refractivity contribution in [3.8, 4) is 16.5 Å². The molecule has 0 saturated carbocycles. The third kappa shape index (κ3) is 2.15. The maximum atomic E-state index is 8.63. The Labute approximate surface area is 100.0 Å². The lowest BCUT2D eigenvalue weighted by atomic mass is 10.0. The van der Waals surface area contributed by atoms with Gasteiger partial charge in [-0.3, -0.25) is 0 Å². The minimum Gasteiger partial charge on any atom is -0.198 e. The summed E-state index contributed by atoms with van der Waals surface area (Å²) in [6.07, 6.45) is 0.501. The molecule has 0 aliphatic carbocycles. The van der Waals surface area contributed by atoms with Crippen molar-refractivity contribution in [2.24, 2.45) is 0 Å². The van der Waals surface area contributed by atoms with Crippen molar-refractivity contribution >= 4 is 11.3 Å². The van der Waals surface area contributed by atoms with Crippen LogP contribution in [-0.2, 0) is 6.42 Å². The minimum atomic E-state index is 0.501. The standard InChI is InChI=1S/C14H13NS/c1-10-3-4-13(7-11(10)2)14-8-12(5-6-15)9-16-14/h3-4,7-9H,5H2,1-2H3. The molecule has 0 bridgehead atoms. The number of nitriles is 1. The molecule has 1 heterocycles. The summed E-state index contributed by atoms with van der Waals surface area (Å²) in [6, 6.07) is 10.8. The molecule has 0 radical (unpaired) electrons. The molecule has 0 fully saturated rings. The molecule has 2 heteroatoms. The van der Waals surface area contributed by atoms with Crippen LogP contribution in [0.2, 0.25) is 0 Å². The van der Waals surface area contributed by atoms with Crippen LogP contribution in [0.1, 0.15) is 16.7 Å². The Balaban J connectivity index is 2.36. The van der Waals surface area contributed by atoms with Crippen LogP contribution in [0.3, 0.4) is 0 Å². The normalized spacial score (nSPS) is 10.1. The average Bonchev–Trinajstić information content (AvgIpc) is 2.71. The number of aryl methyl sites for hydroxylation is 2. The molecule has 80 valence electrons. The summed E-state index contributed by atoms with van der Waals surface area (Å²) in [5, 5.41) is 10.7. The van der Waals surface area contributed by atoms with Crippen molar-refractivity contribution in [3.63, 3.8) is 0 Å². The Bertz CT molecular complexity index is 546. The van der Waals surface area contributed by atoms with E-state index in [0.29, 0.717) is 6.42 Å². The highest BCUT2D eigenvalue weighted by Gasteiger charge is 2.03. The van der Waals surface area contributed by atoms with E-state index in [1.54, 1.807) is 11.3 Å². The highest BCUT2D eigenvalue weighted by atomic mass is 32.1. The zero-order valence-corrected chi connectivity index (χ0v) is 10.3. The van der Waals surface area contributed by atoms with Gasteiger partial charge in [-0.25, -0.2) is 0 Å². The van der Waals surface area contributed by atoms with Gasteiger partial charge >= 0.3 is 0 Å². The molecule has 2 aromatic rings. The van der Waals surface area contributed by atoms with Gasteiger partial charge in [-0.2, -0.15) is 5.26 Å². The Hall–Kier alpha value is -1.59. The van der Waals surface area contributed by atoms with E-state index in [9.17, 15) is 0 Å². The molecule has 0 atom stereocenters. The fraction of sp³-hybridized carbons (Fsp3) is 0.214. The first-order chi connectivity index (χ1) is 7.70. The lowest BCUT2D eigenvalue weighted by Crippen LogP contribution is -1.81. The van der Waals surface area contributed by atoms with Gasteiger partial charge in [-0.1, -0.05) is 18.2 Å². The first-order valence-electron chi connectivity index (χ1n) is 5.22. The van der Waals surface area contributed by atoms with E-state index in [1.165, 1.54) is 21.6 Å². The molecule has 1 aromatic heterocycles. The maximum absolute atomic E-state index is 8.63. The summed E-state index contributed by atoms with van der Waals surface area (Å²) in [6.45, 7) is 4.25. The number of benzene rings is 1. The zero-order chi connectivity index (χ0) is 11.5. The Kier molecular flexibility index (Phi) is 3.07. The third-order valence-corrected chi connectivity index (χ3v) is 3.76. The topological polar surface area (TPSA) is 23.8 Å². The largest absolute Gasteiger partial charge is 0.198 e. The van der Waals surface area contributed by atoms with E-state index in [4.69, 9.17) is 5.26 Å². The molecule has 0 aliphatic heterocycles. The average molecular weight is 227 g/mol. The van der Waals surface area contributed by atoms with Crippen LogP contribution in [0.15, 0.2) is 29.6 Å². The van der Waals surface area contributed by atoms with Crippen LogP contribution in [0.25, 0.3) is 10.4 Å². The molecular formula is C14H13NS. The highest BCUT2D eigenvalue weighted by Crippen LogP contribution is 2.28. The minimum absolute atomic E-state index is 0.501. The molecule has 1 aromatic carbocycles. The van der Waals surface area contributed by atoms with E-state index >= 15 is 0 Å². The van der Waals surface area contributed by atoms with Gasteiger partial charge in [0.2, 0.25) is 0 Å². The Morgan fingerprint density at radius 2 is 2.00 bits per heavy atom. The summed E-state index contributed by atoms with van der Waals surface area (Å²) in [7, 11) is 0. The summed E-state index contributed by atoms with van der Waals surface area (Å²) in [5.74, 6) is 0. The lowest BCUT2D eigenvalue weighted by molar-refractivity contribution is 1.28. The van der Waals surface area contributed by atoms with Crippen LogP contribution < -0.4 is 0 Å². The number of hydrogen-bond acceptors (Lipinski definition) is 2. The van der Waals surface area contributed by atoms with Crippen molar-refractivity contribution in [1.82, 2.24) is 0 Å². The van der Waals surface area contributed by atoms with Gasteiger partial charge in [0, 0.05) is 4.88 Å². The molecule has 2 rings (SSSR count). The summed E-state index contributed by atoms with van der Waals surface area (Å²) < 4.78 is 0. The molecule has 0 spiro atoms. The monoisotopic (exact) mass is 227 g/mol. The maximum Gasteiger partial charge on any atom is 0.0670 e. The van der Waals surface area contributed by atoms with Crippen LogP contribution in [0.5, 0.6) is 0 Å². The lowest BCUT2D eigenvalue weighted by Gasteiger charge is -2.02. The number of hydrogen-bond donors (Lipinski definition) is 0. The summed E-state index contributed by atoms with van der Waals surface area (Å²) in [4.78, 5) is 1.24. The van der Waals surface area contributed by atoms with Crippen LogP contribution >= 0.6 is 11.3 Å². The molecule has 0 amide bonds. The second-order valence-electron chi connectivity index (χ2n) is 3.95.